The Balaban J connectivity index is 1.87. The highest BCUT2D eigenvalue weighted by molar-refractivity contribution is 5.68. The van der Waals surface area contributed by atoms with E-state index in [9.17, 15) is 4.79 Å². The van der Waals surface area contributed by atoms with Crippen molar-refractivity contribution < 1.29 is 14.3 Å². The third-order valence-corrected chi connectivity index (χ3v) is 3.79. The summed E-state index contributed by atoms with van der Waals surface area (Å²) in [5.41, 5.74) is 0.728. The topological polar surface area (TPSA) is 59.6 Å². The second-order valence-electron chi connectivity index (χ2n) is 6.87. The fraction of sp³-hybridized carbons (Fsp3) is 0.611. The highest BCUT2D eigenvalue weighted by Gasteiger charge is 2.42. The zero-order chi connectivity index (χ0) is 16.9. The van der Waals surface area contributed by atoms with Crippen molar-refractivity contribution in [2.75, 3.05) is 6.61 Å². The van der Waals surface area contributed by atoms with Gasteiger partial charge in [-0.1, -0.05) is 30.3 Å². The van der Waals surface area contributed by atoms with Gasteiger partial charge in [-0.05, 0) is 39.7 Å². The molecule has 0 bridgehead atoms. The number of amides is 1. The molecule has 3 atom stereocenters. The largest absolute Gasteiger partial charge is 0.444 e. The molecule has 5 nitrogen and oxygen atoms in total. The molecule has 0 spiro atoms. The molecule has 5 heteroatoms. The van der Waals surface area contributed by atoms with Crippen LogP contribution >= 0.6 is 0 Å². The number of hydrogen-bond donors (Lipinski definition) is 2. The lowest BCUT2D eigenvalue weighted by molar-refractivity contribution is -0.0438. The van der Waals surface area contributed by atoms with Crippen molar-refractivity contribution in [2.45, 2.75) is 64.4 Å². The molecular weight excluding hydrogens is 292 g/mol. The maximum atomic E-state index is 11.9. The van der Waals surface area contributed by atoms with E-state index >= 15 is 0 Å². The Morgan fingerprint density at radius 2 is 1.96 bits per heavy atom. The van der Waals surface area contributed by atoms with Crippen LogP contribution in [-0.4, -0.2) is 36.5 Å². The van der Waals surface area contributed by atoms with Crippen LogP contribution in [0.1, 0.15) is 39.7 Å². The molecule has 0 heterocycles. The molecule has 1 amide bonds. The van der Waals surface area contributed by atoms with E-state index in [-0.39, 0.29) is 24.3 Å². The van der Waals surface area contributed by atoms with Crippen molar-refractivity contribution in [1.82, 2.24) is 10.6 Å². The first-order valence-corrected chi connectivity index (χ1v) is 8.27. The molecule has 1 aromatic carbocycles. The first-order valence-electron chi connectivity index (χ1n) is 8.27. The number of rotatable bonds is 6. The van der Waals surface area contributed by atoms with Crippen LogP contribution in [0.5, 0.6) is 0 Å². The molecule has 1 aliphatic rings. The summed E-state index contributed by atoms with van der Waals surface area (Å²) in [6, 6.07) is 10.3. The van der Waals surface area contributed by atoms with Gasteiger partial charge in [0.1, 0.15) is 5.60 Å². The van der Waals surface area contributed by atoms with Crippen molar-refractivity contribution in [3.8, 4) is 0 Å². The van der Waals surface area contributed by atoms with Gasteiger partial charge < -0.3 is 20.1 Å². The number of alkyl carbamates (subject to hydrolysis) is 1. The highest BCUT2D eigenvalue weighted by atomic mass is 16.6. The molecule has 3 unspecified atom stereocenters. The second-order valence-corrected chi connectivity index (χ2v) is 6.87. The van der Waals surface area contributed by atoms with Gasteiger partial charge in [-0.25, -0.2) is 4.79 Å². The van der Waals surface area contributed by atoms with E-state index in [4.69, 9.17) is 9.47 Å². The predicted octanol–water partition coefficient (Wildman–Crippen LogP) is 2.85. The number of carbonyl (C=O) groups excluding carboxylic acids is 1. The summed E-state index contributed by atoms with van der Waals surface area (Å²) in [7, 11) is 0. The van der Waals surface area contributed by atoms with E-state index in [0.29, 0.717) is 6.61 Å². The Kier molecular flexibility index (Phi) is 6.02. The molecule has 2 N–H and O–H groups in total. The first-order chi connectivity index (χ1) is 10.9. The van der Waals surface area contributed by atoms with Crippen LogP contribution < -0.4 is 10.6 Å². The molecule has 23 heavy (non-hydrogen) atoms. The molecule has 0 saturated heterocycles. The quantitative estimate of drug-likeness (QED) is 0.846. The summed E-state index contributed by atoms with van der Waals surface area (Å²) in [4.78, 5) is 11.9. The van der Waals surface area contributed by atoms with Gasteiger partial charge in [-0.2, -0.15) is 0 Å². The summed E-state index contributed by atoms with van der Waals surface area (Å²) >= 11 is 0. The van der Waals surface area contributed by atoms with Gasteiger partial charge >= 0.3 is 6.09 Å². The van der Waals surface area contributed by atoms with Crippen LogP contribution in [0.3, 0.4) is 0 Å². The number of ether oxygens (including phenoxy) is 2. The summed E-state index contributed by atoms with van der Waals surface area (Å²) in [5, 5.41) is 6.44. The molecule has 1 fully saturated rings. The van der Waals surface area contributed by atoms with E-state index in [0.717, 1.165) is 13.0 Å². The van der Waals surface area contributed by atoms with Crippen molar-refractivity contribution in [3.63, 3.8) is 0 Å². The number of hydrogen-bond acceptors (Lipinski definition) is 4. The summed E-state index contributed by atoms with van der Waals surface area (Å²) in [6.07, 6.45) is 0.562. The van der Waals surface area contributed by atoms with Gasteiger partial charge in [0.05, 0.1) is 18.2 Å². The van der Waals surface area contributed by atoms with E-state index in [2.05, 4.69) is 22.8 Å². The van der Waals surface area contributed by atoms with Gasteiger partial charge in [0.25, 0.3) is 0 Å². The second kappa shape index (κ2) is 7.79. The van der Waals surface area contributed by atoms with Crippen LogP contribution in [0.25, 0.3) is 0 Å². The smallest absolute Gasteiger partial charge is 0.407 e. The molecule has 1 aromatic rings. The minimum atomic E-state index is -0.486. The predicted molar refractivity (Wildman–Crippen MR) is 90.3 cm³/mol. The lowest BCUT2D eigenvalue weighted by Gasteiger charge is -2.45. The van der Waals surface area contributed by atoms with E-state index in [1.165, 1.54) is 5.56 Å². The van der Waals surface area contributed by atoms with Crippen molar-refractivity contribution >= 4 is 6.09 Å². The summed E-state index contributed by atoms with van der Waals surface area (Å²) in [5.74, 6) is 0. The minimum absolute atomic E-state index is 0.0325. The van der Waals surface area contributed by atoms with Gasteiger partial charge in [0, 0.05) is 13.2 Å². The lowest BCUT2D eigenvalue weighted by Crippen LogP contribution is -2.66. The monoisotopic (exact) mass is 320 g/mol. The Bertz CT molecular complexity index is 499. The van der Waals surface area contributed by atoms with Crippen molar-refractivity contribution in [3.05, 3.63) is 35.9 Å². The first kappa shape index (κ1) is 17.8. The fourth-order valence-corrected chi connectivity index (χ4v) is 2.71. The third kappa shape index (κ3) is 5.52. The molecule has 2 rings (SSSR count). The highest BCUT2D eigenvalue weighted by Crippen LogP contribution is 2.25. The molecular formula is C18H28N2O3. The van der Waals surface area contributed by atoms with Gasteiger partial charge in [-0.3, -0.25) is 0 Å². The number of nitrogens with one attached hydrogen (secondary N) is 2. The standard InChI is InChI=1S/C18H28N2O3/c1-5-22-15-11-14(20-17(21)23-18(2,3)4)16(15)19-12-13-9-7-6-8-10-13/h6-10,14-16,19H,5,11-12H2,1-4H3,(H,20,21). The van der Waals surface area contributed by atoms with E-state index < -0.39 is 5.60 Å². The van der Waals surface area contributed by atoms with Crippen LogP contribution in [0.4, 0.5) is 4.79 Å². The minimum Gasteiger partial charge on any atom is -0.444 e. The summed E-state index contributed by atoms with van der Waals surface area (Å²) in [6.45, 7) is 9.00. The van der Waals surface area contributed by atoms with Crippen molar-refractivity contribution in [2.24, 2.45) is 0 Å². The van der Waals surface area contributed by atoms with E-state index in [1.807, 2.05) is 45.9 Å². The SMILES string of the molecule is CCOC1CC(NC(=O)OC(C)(C)C)C1NCc1ccccc1. The van der Waals surface area contributed by atoms with Crippen LogP contribution in [0.2, 0.25) is 0 Å². The summed E-state index contributed by atoms with van der Waals surface area (Å²) < 4.78 is 11.1. The van der Waals surface area contributed by atoms with Gasteiger partial charge in [0.2, 0.25) is 0 Å². The van der Waals surface area contributed by atoms with Gasteiger partial charge in [0.15, 0.2) is 0 Å². The Morgan fingerprint density at radius 1 is 1.26 bits per heavy atom. The molecule has 128 valence electrons. The van der Waals surface area contributed by atoms with Crippen LogP contribution in [0.15, 0.2) is 30.3 Å². The number of benzene rings is 1. The van der Waals surface area contributed by atoms with Gasteiger partial charge in [-0.15, -0.1) is 0 Å². The maximum absolute atomic E-state index is 11.9. The average Bonchev–Trinajstić information content (AvgIpc) is 2.45. The van der Waals surface area contributed by atoms with E-state index in [1.54, 1.807) is 0 Å². The van der Waals surface area contributed by atoms with Crippen LogP contribution in [0, 0.1) is 0 Å². The average molecular weight is 320 g/mol. The zero-order valence-corrected chi connectivity index (χ0v) is 14.5. The lowest BCUT2D eigenvalue weighted by atomic mass is 9.82. The van der Waals surface area contributed by atoms with Crippen molar-refractivity contribution in [1.29, 1.82) is 0 Å². The zero-order valence-electron chi connectivity index (χ0n) is 14.5. The molecule has 0 aromatic heterocycles. The molecule has 1 saturated carbocycles. The molecule has 1 aliphatic carbocycles. The third-order valence-electron chi connectivity index (χ3n) is 3.79. The maximum Gasteiger partial charge on any atom is 0.407 e. The number of carbonyl (C=O) groups is 1. The Hall–Kier alpha value is -1.59. The molecule has 0 radical (unpaired) electrons. The Morgan fingerprint density at radius 3 is 2.57 bits per heavy atom. The Labute approximate surface area is 138 Å². The fourth-order valence-electron chi connectivity index (χ4n) is 2.71. The normalized spacial score (nSPS) is 23.9. The molecule has 0 aliphatic heterocycles. The van der Waals surface area contributed by atoms with Crippen LogP contribution in [-0.2, 0) is 16.0 Å².